The lowest BCUT2D eigenvalue weighted by molar-refractivity contribution is 0.490. The molecule has 0 amide bonds. The van der Waals surface area contributed by atoms with Crippen molar-refractivity contribution in [2.45, 2.75) is 56.8 Å². The molecular formula is C56H44N2. The third-order valence-corrected chi connectivity index (χ3v) is 14.2. The number of hydrogen-bond donors (Lipinski definition) is 0. The molecule has 278 valence electrons. The summed E-state index contributed by atoms with van der Waals surface area (Å²) in [5, 5.41) is 2.59. The second kappa shape index (κ2) is 12.7. The summed E-state index contributed by atoms with van der Waals surface area (Å²) in [5.74, 6) is 0.701. The highest BCUT2D eigenvalue weighted by atomic mass is 15.0. The number of rotatable bonds is 6. The normalized spacial score (nSPS) is 18.1. The van der Waals surface area contributed by atoms with Gasteiger partial charge in [-0.1, -0.05) is 141 Å². The Hall–Kier alpha value is -6.51. The SMILES string of the molecule is CCC1(CC)c2cc(/C=C/c3ccc(-c4ccc5c(c4)C4C6=C(CCC=C6)C5c5ccccc54)cn3)ccc2-c2ccc(-n3c4ccccc4c4ccccc43)cc21. The quantitative estimate of drug-likeness (QED) is 0.166. The van der Waals surface area contributed by atoms with Crippen molar-refractivity contribution in [1.82, 2.24) is 9.55 Å². The van der Waals surface area contributed by atoms with Crippen molar-refractivity contribution in [2.75, 3.05) is 0 Å². The minimum absolute atomic E-state index is 0.0506. The molecule has 2 unspecified atom stereocenters. The fourth-order valence-corrected chi connectivity index (χ4v) is 11.5. The molecule has 5 aliphatic rings. The third kappa shape index (κ3) is 4.69. The van der Waals surface area contributed by atoms with Crippen LogP contribution in [0.4, 0.5) is 0 Å². The fraction of sp³-hybridized carbons (Fsp3) is 0.161. The van der Waals surface area contributed by atoms with Gasteiger partial charge in [0.2, 0.25) is 0 Å². The summed E-state index contributed by atoms with van der Waals surface area (Å²) in [6.45, 7) is 4.72. The van der Waals surface area contributed by atoms with Crippen molar-refractivity contribution in [3.05, 3.63) is 214 Å². The van der Waals surface area contributed by atoms with Gasteiger partial charge in [0.15, 0.2) is 0 Å². The topological polar surface area (TPSA) is 17.8 Å². The zero-order chi connectivity index (χ0) is 38.5. The molecular weight excluding hydrogens is 701 g/mol. The van der Waals surface area contributed by atoms with Crippen LogP contribution in [0, 0.1) is 0 Å². The van der Waals surface area contributed by atoms with E-state index in [1.54, 1.807) is 5.57 Å². The van der Waals surface area contributed by atoms with Crippen molar-refractivity contribution in [3.8, 4) is 27.9 Å². The number of allylic oxidation sites excluding steroid dienone is 4. The molecule has 0 saturated heterocycles. The van der Waals surface area contributed by atoms with Gasteiger partial charge >= 0.3 is 0 Å². The molecule has 0 aliphatic heterocycles. The molecule has 5 aliphatic carbocycles. The van der Waals surface area contributed by atoms with Crippen LogP contribution >= 0.6 is 0 Å². The molecule has 2 nitrogen and oxygen atoms in total. The standard InChI is InChI=1S/C56H44N2/c1-3-56(4-2)50-31-35(22-28-40(50)41-30-27-39(33-51(41)56)58-52-19-11-9-13-42(52)43-14-10-12-20-53(43)58)21-25-38-26-23-37(34-57-38)36-24-29-48-49(32-36)55-46-17-7-5-15-44(46)54(48)45-16-6-8-18-47(45)55/h5,7-15,17-34,54-55H,3-4,6,16H2,1-2H3/b25-21+. The van der Waals surface area contributed by atoms with Crippen LogP contribution in [0.3, 0.4) is 0 Å². The lowest BCUT2D eigenvalue weighted by Gasteiger charge is -2.44. The van der Waals surface area contributed by atoms with Gasteiger partial charge in [-0.25, -0.2) is 0 Å². The number of hydrogen-bond acceptors (Lipinski definition) is 1. The number of aromatic nitrogens is 2. The second-order valence-electron chi connectivity index (χ2n) is 16.8. The predicted molar refractivity (Wildman–Crippen MR) is 242 cm³/mol. The molecule has 0 N–H and O–H groups in total. The Labute approximate surface area is 340 Å². The van der Waals surface area contributed by atoms with E-state index in [0.29, 0.717) is 11.8 Å². The zero-order valence-corrected chi connectivity index (χ0v) is 33.0. The maximum atomic E-state index is 4.97. The molecule has 0 saturated carbocycles. The summed E-state index contributed by atoms with van der Waals surface area (Å²) in [5.41, 5.74) is 23.0. The summed E-state index contributed by atoms with van der Waals surface area (Å²) in [7, 11) is 0. The van der Waals surface area contributed by atoms with Crippen LogP contribution in [-0.2, 0) is 5.41 Å². The largest absolute Gasteiger partial charge is 0.309 e. The summed E-state index contributed by atoms with van der Waals surface area (Å²) in [6, 6.07) is 52.5. The minimum Gasteiger partial charge on any atom is -0.309 e. The number of fused-ring (bicyclic) bond motifs is 6. The minimum atomic E-state index is -0.0506. The average molecular weight is 745 g/mol. The van der Waals surface area contributed by atoms with Crippen LogP contribution in [-0.4, -0.2) is 9.55 Å². The van der Waals surface area contributed by atoms with E-state index in [1.165, 1.54) is 95.1 Å². The summed E-state index contributed by atoms with van der Waals surface area (Å²) in [6.07, 6.45) is 15.6. The van der Waals surface area contributed by atoms with Gasteiger partial charge in [-0.15, -0.1) is 0 Å². The van der Waals surface area contributed by atoms with Gasteiger partial charge in [-0.05, 0) is 129 Å². The van der Waals surface area contributed by atoms with E-state index in [2.05, 4.69) is 188 Å². The molecule has 2 heterocycles. The molecule has 2 atom stereocenters. The van der Waals surface area contributed by atoms with E-state index in [0.717, 1.165) is 30.5 Å². The van der Waals surface area contributed by atoms with Gasteiger partial charge in [0.05, 0.1) is 16.7 Å². The zero-order valence-electron chi connectivity index (χ0n) is 33.0. The van der Waals surface area contributed by atoms with E-state index in [-0.39, 0.29) is 5.41 Å². The Morgan fingerprint density at radius 3 is 2.03 bits per heavy atom. The molecule has 0 radical (unpaired) electrons. The molecule has 0 spiro atoms. The van der Waals surface area contributed by atoms with Crippen LogP contribution < -0.4 is 0 Å². The van der Waals surface area contributed by atoms with Gasteiger partial charge in [0.1, 0.15) is 0 Å². The summed E-state index contributed by atoms with van der Waals surface area (Å²) in [4.78, 5) is 4.97. The van der Waals surface area contributed by atoms with Gasteiger partial charge < -0.3 is 4.57 Å². The van der Waals surface area contributed by atoms with Crippen molar-refractivity contribution < 1.29 is 0 Å². The van der Waals surface area contributed by atoms with Crippen molar-refractivity contribution in [2.24, 2.45) is 0 Å². The number of para-hydroxylation sites is 2. The lowest BCUT2D eigenvalue weighted by atomic mass is 9.59. The Balaban J connectivity index is 0.848. The van der Waals surface area contributed by atoms with Crippen LogP contribution in [0.5, 0.6) is 0 Å². The molecule has 2 heteroatoms. The summed E-state index contributed by atoms with van der Waals surface area (Å²) >= 11 is 0. The Bertz CT molecular complexity index is 3040. The van der Waals surface area contributed by atoms with Crippen LogP contribution in [0.15, 0.2) is 169 Å². The van der Waals surface area contributed by atoms with Crippen LogP contribution in [0.2, 0.25) is 0 Å². The Kier molecular flexibility index (Phi) is 7.39. The van der Waals surface area contributed by atoms with Crippen LogP contribution in [0.1, 0.15) is 96.0 Å². The number of nitrogens with zero attached hydrogens (tertiary/aromatic N) is 2. The number of benzene rings is 6. The summed E-state index contributed by atoms with van der Waals surface area (Å²) < 4.78 is 2.45. The first-order valence-electron chi connectivity index (χ1n) is 21.2. The molecule has 2 aromatic heterocycles. The highest BCUT2D eigenvalue weighted by Crippen LogP contribution is 2.58. The van der Waals surface area contributed by atoms with E-state index in [4.69, 9.17) is 4.98 Å². The highest BCUT2D eigenvalue weighted by molar-refractivity contribution is 6.09. The van der Waals surface area contributed by atoms with Gasteiger partial charge in [0, 0.05) is 45.5 Å². The molecule has 6 aromatic carbocycles. The first kappa shape index (κ1) is 33.6. The maximum absolute atomic E-state index is 4.97. The molecule has 8 aromatic rings. The molecule has 58 heavy (non-hydrogen) atoms. The maximum Gasteiger partial charge on any atom is 0.0630 e. The van der Waals surface area contributed by atoms with Gasteiger partial charge in [-0.3, -0.25) is 4.98 Å². The Morgan fingerprint density at radius 2 is 1.29 bits per heavy atom. The molecule has 2 bridgehead atoms. The van der Waals surface area contributed by atoms with E-state index >= 15 is 0 Å². The third-order valence-electron chi connectivity index (χ3n) is 14.2. The predicted octanol–water partition coefficient (Wildman–Crippen LogP) is 14.3. The monoisotopic (exact) mass is 744 g/mol. The van der Waals surface area contributed by atoms with Crippen molar-refractivity contribution >= 4 is 34.0 Å². The fourth-order valence-electron chi connectivity index (χ4n) is 11.5. The Morgan fingerprint density at radius 1 is 0.621 bits per heavy atom. The van der Waals surface area contributed by atoms with Gasteiger partial charge in [-0.2, -0.15) is 0 Å². The first-order chi connectivity index (χ1) is 28.6. The highest BCUT2D eigenvalue weighted by Gasteiger charge is 2.43. The number of pyridine rings is 1. The average Bonchev–Trinajstić information content (AvgIpc) is 3.77. The smallest absolute Gasteiger partial charge is 0.0630 e. The van der Waals surface area contributed by atoms with Gasteiger partial charge in [0.25, 0.3) is 0 Å². The van der Waals surface area contributed by atoms with E-state index < -0.39 is 0 Å². The lowest BCUT2D eigenvalue weighted by Crippen LogP contribution is -2.28. The van der Waals surface area contributed by atoms with Crippen molar-refractivity contribution in [1.29, 1.82) is 0 Å². The van der Waals surface area contributed by atoms with Crippen molar-refractivity contribution in [3.63, 3.8) is 0 Å². The second-order valence-corrected chi connectivity index (χ2v) is 16.8. The molecule has 13 rings (SSSR count). The molecule has 0 fully saturated rings. The van der Waals surface area contributed by atoms with E-state index in [9.17, 15) is 0 Å². The first-order valence-corrected chi connectivity index (χ1v) is 21.2. The van der Waals surface area contributed by atoms with E-state index in [1.807, 2.05) is 0 Å². The van der Waals surface area contributed by atoms with Crippen LogP contribution in [0.25, 0.3) is 61.9 Å².